The molecule has 4 N–H and O–H groups in total. The first kappa shape index (κ1) is 13.4. The smallest absolute Gasteiger partial charge is 0.326 e. The fraction of sp³-hybridized carbons (Fsp3) is 0.429. The molecule has 2 rings (SSSR count). The Balaban J connectivity index is 1.84. The Morgan fingerprint density at radius 3 is 2.63 bits per heavy atom. The summed E-state index contributed by atoms with van der Waals surface area (Å²) in [5, 5.41) is 11.6. The molecule has 0 radical (unpaired) electrons. The molecule has 1 aromatic rings. The molecule has 102 valence electrons. The predicted octanol–water partition coefficient (Wildman–Crippen LogP) is 1.18. The first-order valence-corrected chi connectivity index (χ1v) is 6.43. The van der Waals surface area contributed by atoms with Gasteiger partial charge in [0.25, 0.3) is 0 Å². The largest absolute Gasteiger partial charge is 0.480 e. The minimum atomic E-state index is -0.949. The summed E-state index contributed by atoms with van der Waals surface area (Å²) in [5.74, 6) is -1.08. The second kappa shape index (κ2) is 5.73. The number of carbonyl (C=O) groups is 2. The number of carboxylic acid groups (broad SMARTS) is 1. The lowest BCUT2D eigenvalue weighted by molar-refractivity contribution is -0.142. The minimum absolute atomic E-state index is 0.100. The fourth-order valence-electron chi connectivity index (χ4n) is 2.07. The van der Waals surface area contributed by atoms with Gasteiger partial charge in [0.15, 0.2) is 0 Å². The third kappa shape index (κ3) is 3.71. The quantitative estimate of drug-likeness (QED) is 0.671. The van der Waals surface area contributed by atoms with Gasteiger partial charge in [-0.1, -0.05) is 18.2 Å². The molecular weight excluding hydrogens is 244 g/mol. The summed E-state index contributed by atoms with van der Waals surface area (Å²) in [6, 6.07) is 6.64. The molecule has 0 aromatic heterocycles. The second-order valence-corrected chi connectivity index (χ2v) is 4.92. The molecule has 1 atom stereocenters. The summed E-state index contributed by atoms with van der Waals surface area (Å²) in [4.78, 5) is 22.8. The average molecular weight is 262 g/mol. The normalized spacial score (nSPS) is 15.8. The molecule has 1 fully saturated rings. The number of amides is 1. The highest BCUT2D eigenvalue weighted by atomic mass is 16.4. The first-order chi connectivity index (χ1) is 9.08. The maximum Gasteiger partial charge on any atom is 0.326 e. The fourth-order valence-corrected chi connectivity index (χ4v) is 2.07. The van der Waals surface area contributed by atoms with Crippen molar-refractivity contribution in [2.75, 3.05) is 5.73 Å². The van der Waals surface area contributed by atoms with Crippen LogP contribution in [0.5, 0.6) is 0 Å². The summed E-state index contributed by atoms with van der Waals surface area (Å²) in [5.41, 5.74) is 7.36. The molecule has 1 unspecified atom stereocenters. The van der Waals surface area contributed by atoms with Crippen LogP contribution >= 0.6 is 0 Å². The molecule has 5 nitrogen and oxygen atoms in total. The van der Waals surface area contributed by atoms with Gasteiger partial charge in [-0.3, -0.25) is 4.79 Å². The summed E-state index contributed by atoms with van der Waals surface area (Å²) in [7, 11) is 0. The lowest BCUT2D eigenvalue weighted by Crippen LogP contribution is -2.42. The van der Waals surface area contributed by atoms with Gasteiger partial charge in [0.05, 0.1) is 0 Å². The lowest BCUT2D eigenvalue weighted by Gasteiger charge is -2.13. The lowest BCUT2D eigenvalue weighted by atomic mass is 10.1. The molecule has 0 aliphatic heterocycles. The number of anilines is 1. The summed E-state index contributed by atoms with van der Waals surface area (Å²) < 4.78 is 0. The van der Waals surface area contributed by atoms with E-state index in [1.54, 1.807) is 6.07 Å². The van der Waals surface area contributed by atoms with Crippen molar-refractivity contribution in [3.8, 4) is 0 Å². The number of aryl methyl sites for hydroxylation is 1. The number of carbonyl (C=O) groups excluding carboxylic acids is 1. The molecule has 0 spiro atoms. The molecule has 1 aliphatic carbocycles. The van der Waals surface area contributed by atoms with Gasteiger partial charge in [0.2, 0.25) is 5.91 Å². The highest BCUT2D eigenvalue weighted by molar-refractivity contribution is 5.84. The second-order valence-electron chi connectivity index (χ2n) is 4.92. The molecular formula is C14H18N2O3. The number of hydrogen-bond donors (Lipinski definition) is 3. The molecule has 1 saturated carbocycles. The number of benzene rings is 1. The van der Waals surface area contributed by atoms with Crippen molar-refractivity contribution in [2.24, 2.45) is 5.92 Å². The van der Waals surface area contributed by atoms with Gasteiger partial charge < -0.3 is 16.2 Å². The van der Waals surface area contributed by atoms with Crippen LogP contribution in [0.4, 0.5) is 5.69 Å². The van der Waals surface area contributed by atoms with Crippen LogP contribution in [0.3, 0.4) is 0 Å². The zero-order valence-corrected chi connectivity index (χ0v) is 10.6. The monoisotopic (exact) mass is 262 g/mol. The highest BCUT2D eigenvalue weighted by Gasteiger charge is 2.37. The van der Waals surface area contributed by atoms with Crippen LogP contribution in [0.2, 0.25) is 0 Å². The summed E-state index contributed by atoms with van der Waals surface area (Å²) in [6.45, 7) is 0. The highest BCUT2D eigenvalue weighted by Crippen LogP contribution is 2.32. The van der Waals surface area contributed by atoms with Crippen LogP contribution in [0.15, 0.2) is 24.3 Å². The van der Waals surface area contributed by atoms with E-state index in [0.717, 1.165) is 18.4 Å². The van der Waals surface area contributed by atoms with Gasteiger partial charge in [-0.25, -0.2) is 4.79 Å². The maximum atomic E-state index is 11.8. The van der Waals surface area contributed by atoms with E-state index >= 15 is 0 Å². The topological polar surface area (TPSA) is 92.4 Å². The zero-order chi connectivity index (χ0) is 13.8. The van der Waals surface area contributed by atoms with Crippen molar-refractivity contribution in [3.63, 3.8) is 0 Å². The number of carboxylic acids is 1. The van der Waals surface area contributed by atoms with E-state index in [1.165, 1.54) is 0 Å². The van der Waals surface area contributed by atoms with Crippen molar-refractivity contribution in [1.29, 1.82) is 0 Å². The predicted molar refractivity (Wildman–Crippen MR) is 71.5 cm³/mol. The van der Waals surface area contributed by atoms with Crippen LogP contribution in [-0.4, -0.2) is 23.0 Å². The van der Waals surface area contributed by atoms with Crippen molar-refractivity contribution >= 4 is 17.6 Å². The Labute approximate surface area is 111 Å². The van der Waals surface area contributed by atoms with Crippen LogP contribution in [0.25, 0.3) is 0 Å². The van der Waals surface area contributed by atoms with Crippen LogP contribution < -0.4 is 11.1 Å². The molecule has 19 heavy (non-hydrogen) atoms. The van der Waals surface area contributed by atoms with E-state index in [2.05, 4.69) is 5.32 Å². The number of nitrogens with one attached hydrogen (secondary N) is 1. The number of aliphatic carboxylic acids is 1. The number of para-hydroxylation sites is 1. The van der Waals surface area contributed by atoms with Gasteiger partial charge in [-0.2, -0.15) is 0 Å². The van der Waals surface area contributed by atoms with Gasteiger partial charge in [0.1, 0.15) is 6.04 Å². The molecule has 5 heteroatoms. The summed E-state index contributed by atoms with van der Waals surface area (Å²) in [6.07, 6.45) is 2.53. The Morgan fingerprint density at radius 1 is 1.37 bits per heavy atom. The third-order valence-electron chi connectivity index (χ3n) is 3.35. The summed E-state index contributed by atoms with van der Waals surface area (Å²) >= 11 is 0. The standard InChI is InChI=1S/C14H18N2O3/c15-11-4-2-1-3-9(11)7-8-12(17)16-13(14(18)19)10-5-6-10/h1-4,10,13H,5-8,15H2,(H,16,17)(H,18,19). The first-order valence-electron chi connectivity index (χ1n) is 6.43. The van der Waals surface area contributed by atoms with E-state index in [0.29, 0.717) is 12.1 Å². The number of nitrogen functional groups attached to an aromatic ring is 1. The van der Waals surface area contributed by atoms with Crippen molar-refractivity contribution in [2.45, 2.75) is 31.7 Å². The van der Waals surface area contributed by atoms with E-state index in [4.69, 9.17) is 10.8 Å². The average Bonchev–Trinajstić information content (AvgIpc) is 3.19. The van der Waals surface area contributed by atoms with Crippen LogP contribution in [0, 0.1) is 5.92 Å². The van der Waals surface area contributed by atoms with Crippen LogP contribution in [-0.2, 0) is 16.0 Å². The Morgan fingerprint density at radius 2 is 2.05 bits per heavy atom. The SMILES string of the molecule is Nc1ccccc1CCC(=O)NC(C(=O)O)C1CC1. The van der Waals surface area contributed by atoms with Crippen molar-refractivity contribution < 1.29 is 14.7 Å². The molecule has 1 aliphatic rings. The van der Waals surface area contributed by atoms with Crippen LogP contribution in [0.1, 0.15) is 24.8 Å². The number of hydrogen-bond acceptors (Lipinski definition) is 3. The molecule has 1 amide bonds. The molecule has 1 aromatic carbocycles. The van der Waals surface area contributed by atoms with Gasteiger partial charge in [0, 0.05) is 12.1 Å². The third-order valence-corrected chi connectivity index (χ3v) is 3.35. The van der Waals surface area contributed by atoms with E-state index in [1.807, 2.05) is 18.2 Å². The molecule has 0 bridgehead atoms. The molecule has 0 heterocycles. The molecule has 0 saturated heterocycles. The number of rotatable bonds is 6. The van der Waals surface area contributed by atoms with Gasteiger partial charge >= 0.3 is 5.97 Å². The Kier molecular flexibility index (Phi) is 4.04. The van der Waals surface area contributed by atoms with Gasteiger partial charge in [-0.05, 0) is 36.8 Å². The minimum Gasteiger partial charge on any atom is -0.480 e. The Hall–Kier alpha value is -2.04. The van der Waals surface area contributed by atoms with Crippen molar-refractivity contribution in [3.05, 3.63) is 29.8 Å². The van der Waals surface area contributed by atoms with Gasteiger partial charge in [-0.15, -0.1) is 0 Å². The van der Waals surface area contributed by atoms with E-state index < -0.39 is 12.0 Å². The van der Waals surface area contributed by atoms with E-state index in [-0.39, 0.29) is 18.2 Å². The zero-order valence-electron chi connectivity index (χ0n) is 10.6. The Bertz CT molecular complexity index is 483. The maximum absolute atomic E-state index is 11.8. The van der Waals surface area contributed by atoms with Crippen molar-refractivity contribution in [1.82, 2.24) is 5.32 Å². The number of nitrogens with two attached hydrogens (primary N) is 1. The van der Waals surface area contributed by atoms with E-state index in [9.17, 15) is 9.59 Å².